The first kappa shape index (κ1) is 20.4. The Morgan fingerprint density at radius 1 is 1.04 bits per heavy atom. The number of benzene rings is 2. The number of H-pyrrole nitrogens is 1. The molecule has 4 heteroatoms. The molecule has 1 aliphatic rings. The van der Waals surface area contributed by atoms with E-state index in [1.54, 1.807) is 0 Å². The Balaban J connectivity index is 0.00000210. The van der Waals surface area contributed by atoms with Crippen LogP contribution in [0.4, 0.5) is 5.69 Å². The minimum atomic E-state index is 0. The van der Waals surface area contributed by atoms with Gasteiger partial charge in [-0.15, -0.1) is 6.07 Å². The van der Waals surface area contributed by atoms with Crippen molar-refractivity contribution in [2.45, 2.75) is 18.8 Å². The monoisotopic (exact) mass is 434 g/mol. The van der Waals surface area contributed by atoms with Gasteiger partial charge >= 0.3 is 0 Å². The Kier molecular flexibility index (Phi) is 7.02. The number of hydrogen-bond donors (Lipinski definition) is 1. The number of anilines is 1. The summed E-state index contributed by atoms with van der Waals surface area (Å²) in [5, 5.41) is 1.39. The standard InChI is InChI=1S/C23H27N3.Y/c1-18-7-3-6-10-23(18)25(2)15-16-26-13-11-19(12-14-26)21-17-24-22-9-5-4-8-20(21)22;/h3-10,17,19,24H,1-2,11-16H2;/q-2;. The van der Waals surface area contributed by atoms with Gasteiger partial charge in [-0.2, -0.15) is 18.6 Å². The molecule has 1 radical (unpaired) electrons. The Bertz CT molecular complexity index is 865. The average Bonchev–Trinajstić information content (AvgIpc) is 3.11. The van der Waals surface area contributed by atoms with Gasteiger partial charge in [0.1, 0.15) is 0 Å². The van der Waals surface area contributed by atoms with Gasteiger partial charge in [0.05, 0.1) is 0 Å². The van der Waals surface area contributed by atoms with Gasteiger partial charge in [0.15, 0.2) is 0 Å². The maximum atomic E-state index is 4.21. The maximum absolute atomic E-state index is 4.21. The zero-order valence-electron chi connectivity index (χ0n) is 15.9. The normalized spacial score (nSPS) is 15.6. The third-order valence-corrected chi connectivity index (χ3v) is 5.67. The van der Waals surface area contributed by atoms with E-state index in [2.05, 4.69) is 71.4 Å². The molecular weight excluding hydrogens is 407 g/mol. The van der Waals surface area contributed by atoms with Crippen molar-refractivity contribution in [2.75, 3.05) is 31.1 Å². The van der Waals surface area contributed by atoms with E-state index in [-0.39, 0.29) is 32.7 Å². The van der Waals surface area contributed by atoms with Gasteiger partial charge in [-0.3, -0.25) is 7.05 Å². The number of nitrogens with zero attached hydrogens (tertiary/aromatic N) is 2. The van der Waals surface area contributed by atoms with Crippen molar-refractivity contribution < 1.29 is 32.7 Å². The van der Waals surface area contributed by atoms with Crippen molar-refractivity contribution >= 4 is 16.6 Å². The third kappa shape index (κ3) is 4.59. The summed E-state index contributed by atoms with van der Waals surface area (Å²) in [4.78, 5) is 8.07. The van der Waals surface area contributed by atoms with Gasteiger partial charge in [0.2, 0.25) is 0 Å². The molecular formula is C23H27N3Y-2. The van der Waals surface area contributed by atoms with E-state index in [1.807, 2.05) is 12.1 Å². The van der Waals surface area contributed by atoms with Crippen LogP contribution in [0.1, 0.15) is 29.9 Å². The van der Waals surface area contributed by atoms with Crippen molar-refractivity contribution in [3.8, 4) is 0 Å². The minimum Gasteiger partial charge on any atom is -0.577 e. The second-order valence-corrected chi connectivity index (χ2v) is 7.30. The quantitative estimate of drug-likeness (QED) is 0.582. The van der Waals surface area contributed by atoms with Gasteiger partial charge in [-0.1, -0.05) is 36.0 Å². The second-order valence-electron chi connectivity index (χ2n) is 7.30. The van der Waals surface area contributed by atoms with E-state index < -0.39 is 0 Å². The Morgan fingerprint density at radius 2 is 1.74 bits per heavy atom. The minimum absolute atomic E-state index is 0. The molecule has 0 bridgehead atoms. The van der Waals surface area contributed by atoms with Gasteiger partial charge < -0.3 is 14.8 Å². The van der Waals surface area contributed by atoms with Crippen LogP contribution in [0.25, 0.3) is 10.9 Å². The van der Waals surface area contributed by atoms with E-state index in [0.717, 1.165) is 37.4 Å². The number of fused-ring (bicyclic) bond motifs is 1. The molecule has 2 aromatic carbocycles. The first-order valence-electron chi connectivity index (χ1n) is 9.50. The molecule has 2 heterocycles. The molecule has 1 N–H and O–H groups in total. The van der Waals surface area contributed by atoms with Crippen LogP contribution in [-0.4, -0.2) is 36.1 Å². The number of para-hydroxylation sites is 2. The summed E-state index contributed by atoms with van der Waals surface area (Å²) in [6, 6.07) is 16.8. The van der Waals surface area contributed by atoms with Crippen LogP contribution in [0.3, 0.4) is 0 Å². The van der Waals surface area contributed by atoms with E-state index in [9.17, 15) is 0 Å². The van der Waals surface area contributed by atoms with Crippen LogP contribution in [-0.2, 0) is 32.7 Å². The topological polar surface area (TPSA) is 22.3 Å². The van der Waals surface area contributed by atoms with Crippen LogP contribution in [0, 0.1) is 14.0 Å². The van der Waals surface area contributed by atoms with E-state index in [0.29, 0.717) is 5.92 Å². The molecule has 0 saturated carbocycles. The largest absolute Gasteiger partial charge is 0.577 e. The number of nitrogens with one attached hydrogen (secondary N) is 1. The summed E-state index contributed by atoms with van der Waals surface area (Å²) in [7, 11) is 4.21. The zero-order chi connectivity index (χ0) is 17.9. The number of piperidine rings is 1. The average molecular weight is 434 g/mol. The molecule has 0 amide bonds. The summed E-state index contributed by atoms with van der Waals surface area (Å²) >= 11 is 0. The van der Waals surface area contributed by atoms with Crippen molar-refractivity contribution in [3.05, 3.63) is 79.8 Å². The Labute approximate surface area is 188 Å². The first-order valence-corrected chi connectivity index (χ1v) is 9.50. The molecule has 1 aliphatic heterocycles. The maximum Gasteiger partial charge on any atom is 0.0456 e. The molecule has 0 spiro atoms. The molecule has 1 saturated heterocycles. The van der Waals surface area contributed by atoms with Crippen LogP contribution < -0.4 is 4.90 Å². The predicted molar refractivity (Wildman–Crippen MR) is 110 cm³/mol. The fourth-order valence-electron chi connectivity index (χ4n) is 4.10. The number of hydrogen-bond acceptors (Lipinski definition) is 2. The first-order chi connectivity index (χ1) is 12.7. The third-order valence-electron chi connectivity index (χ3n) is 5.67. The Hall–Kier alpha value is -1.29. The van der Waals surface area contributed by atoms with Crippen LogP contribution in [0.2, 0.25) is 0 Å². The fourth-order valence-corrected chi connectivity index (χ4v) is 4.10. The summed E-state index contributed by atoms with van der Waals surface area (Å²) in [5.41, 5.74) is 4.91. The molecule has 3 nitrogen and oxygen atoms in total. The van der Waals surface area contributed by atoms with Crippen molar-refractivity contribution in [1.29, 1.82) is 0 Å². The Morgan fingerprint density at radius 3 is 2.52 bits per heavy atom. The van der Waals surface area contributed by atoms with Crippen LogP contribution >= 0.6 is 0 Å². The number of rotatable bonds is 5. The number of aromatic nitrogens is 1. The van der Waals surface area contributed by atoms with Gasteiger partial charge in [-0.05, 0) is 50.0 Å². The van der Waals surface area contributed by atoms with Crippen molar-refractivity contribution in [2.24, 2.45) is 0 Å². The summed E-state index contributed by atoms with van der Waals surface area (Å²) in [5.74, 6) is 0.666. The van der Waals surface area contributed by atoms with E-state index in [4.69, 9.17) is 0 Å². The molecule has 0 unspecified atom stereocenters. The predicted octanol–water partition coefficient (Wildman–Crippen LogP) is 4.83. The zero-order valence-corrected chi connectivity index (χ0v) is 18.7. The molecule has 1 aromatic heterocycles. The number of likely N-dealkylation sites (tertiary alicyclic amines) is 1. The summed E-state index contributed by atoms with van der Waals surface area (Å²) in [6.07, 6.45) is 4.67. The van der Waals surface area contributed by atoms with E-state index in [1.165, 1.54) is 29.3 Å². The molecule has 3 aromatic rings. The molecule has 0 atom stereocenters. The van der Waals surface area contributed by atoms with Crippen molar-refractivity contribution in [1.82, 2.24) is 9.88 Å². The van der Waals surface area contributed by atoms with Crippen LogP contribution in [0.5, 0.6) is 0 Å². The smallest absolute Gasteiger partial charge is 0.0456 e. The number of aromatic amines is 1. The molecule has 27 heavy (non-hydrogen) atoms. The van der Waals surface area contributed by atoms with Gasteiger partial charge in [0.25, 0.3) is 0 Å². The summed E-state index contributed by atoms with van der Waals surface area (Å²) < 4.78 is 0. The molecule has 139 valence electrons. The second kappa shape index (κ2) is 9.27. The molecule has 4 rings (SSSR count). The molecule has 0 aliphatic carbocycles. The van der Waals surface area contributed by atoms with Gasteiger partial charge in [-0.25, -0.2) is 0 Å². The fraction of sp³-hybridized carbons (Fsp3) is 0.304. The van der Waals surface area contributed by atoms with E-state index >= 15 is 0 Å². The summed E-state index contributed by atoms with van der Waals surface area (Å²) in [6.45, 7) is 8.40. The van der Waals surface area contributed by atoms with Crippen molar-refractivity contribution in [3.63, 3.8) is 0 Å². The molecule has 1 fully saturated rings. The van der Waals surface area contributed by atoms with Crippen LogP contribution in [0.15, 0.2) is 54.7 Å². The SMILES string of the molecule is [CH2-]c1ccccc1N([CH2-])CCN1CCC(c2c[nH]c3ccccc23)CC1.[Y]. The van der Waals surface area contributed by atoms with Gasteiger partial charge in [0, 0.05) is 56.4 Å².